The fraction of sp³-hybridized carbons (Fsp3) is 0.386. The molecule has 3 aliphatic rings. The van der Waals surface area contributed by atoms with E-state index in [-0.39, 0.29) is 24.7 Å². The van der Waals surface area contributed by atoms with Gasteiger partial charge in [0.25, 0.3) is 0 Å². The van der Waals surface area contributed by atoms with Gasteiger partial charge in [-0.25, -0.2) is 4.39 Å². The molecule has 0 saturated carbocycles. The van der Waals surface area contributed by atoms with Crippen molar-refractivity contribution in [3.8, 4) is 40.5 Å². The first-order valence-electron chi connectivity index (χ1n) is 18.9. The number of nitrogens with one attached hydrogen (secondary N) is 2. The maximum atomic E-state index is 13.9. The van der Waals surface area contributed by atoms with Gasteiger partial charge in [0.05, 0.1) is 34.9 Å². The topological polar surface area (TPSA) is 120 Å². The number of benzene rings is 4. The van der Waals surface area contributed by atoms with Gasteiger partial charge in [-0.3, -0.25) is 9.69 Å². The van der Waals surface area contributed by atoms with E-state index in [1.807, 2.05) is 24.3 Å². The number of likely N-dealkylation sites (tertiary alicyclic amines) is 1. The number of ether oxygens (including phenoxy) is 3. The van der Waals surface area contributed by atoms with Gasteiger partial charge in [-0.2, -0.15) is 10.5 Å². The van der Waals surface area contributed by atoms with E-state index in [9.17, 15) is 19.7 Å². The quantitative estimate of drug-likeness (QED) is 0.118. The van der Waals surface area contributed by atoms with E-state index in [2.05, 4.69) is 58.9 Å². The molecule has 2 N–H and O–H groups in total. The van der Waals surface area contributed by atoms with Crippen LogP contribution in [0.3, 0.4) is 0 Å². The fourth-order valence-electron chi connectivity index (χ4n) is 7.94. The zero-order valence-corrected chi connectivity index (χ0v) is 32.0. The first-order valence-corrected chi connectivity index (χ1v) is 19.3. The van der Waals surface area contributed by atoms with E-state index in [0.29, 0.717) is 72.4 Å². The van der Waals surface area contributed by atoms with Crippen LogP contribution in [0.2, 0.25) is 5.02 Å². The van der Waals surface area contributed by atoms with Crippen molar-refractivity contribution < 1.29 is 23.4 Å². The summed E-state index contributed by atoms with van der Waals surface area (Å²) in [4.78, 5) is 13.8. The van der Waals surface area contributed by atoms with Gasteiger partial charge >= 0.3 is 0 Å². The van der Waals surface area contributed by atoms with Gasteiger partial charge in [-0.05, 0) is 103 Å². The Bertz CT molecular complexity index is 2120. The summed E-state index contributed by atoms with van der Waals surface area (Å²) in [5, 5.41) is 25.8. The average Bonchev–Trinajstić information content (AvgIpc) is 3.78. The summed E-state index contributed by atoms with van der Waals surface area (Å²) in [7, 11) is 0. The average molecular weight is 762 g/mol. The lowest BCUT2D eigenvalue weighted by atomic mass is 9.93. The van der Waals surface area contributed by atoms with Crippen LogP contribution in [0.1, 0.15) is 77.7 Å². The Hall–Kier alpha value is -5.13. The number of amides is 1. The van der Waals surface area contributed by atoms with Crippen molar-refractivity contribution in [3.63, 3.8) is 0 Å². The lowest BCUT2D eigenvalue weighted by Crippen LogP contribution is -2.57. The number of alkyl halides is 1. The Morgan fingerprint density at radius 3 is 2.45 bits per heavy atom. The number of hydrogen-bond donors (Lipinski definition) is 2. The zero-order valence-electron chi connectivity index (χ0n) is 31.2. The van der Waals surface area contributed by atoms with Crippen molar-refractivity contribution >= 4 is 17.5 Å². The number of carbonyl (C=O) groups excluding carboxylic acids is 1. The summed E-state index contributed by atoms with van der Waals surface area (Å²) >= 11 is 6.92. The zero-order chi connectivity index (χ0) is 38.5. The minimum atomic E-state index is -1.06. The van der Waals surface area contributed by atoms with Crippen molar-refractivity contribution in [2.24, 2.45) is 0 Å². The third-order valence-electron chi connectivity index (χ3n) is 10.6. The smallest absolute Gasteiger partial charge is 0.220 e. The summed E-state index contributed by atoms with van der Waals surface area (Å²) in [5.74, 6) is 1.97. The van der Waals surface area contributed by atoms with Crippen LogP contribution in [0.25, 0.3) is 11.1 Å². The van der Waals surface area contributed by atoms with Gasteiger partial charge in [0, 0.05) is 56.8 Å². The van der Waals surface area contributed by atoms with Gasteiger partial charge in [0.2, 0.25) is 5.91 Å². The van der Waals surface area contributed by atoms with Crippen molar-refractivity contribution in [2.45, 2.75) is 76.9 Å². The summed E-state index contributed by atoms with van der Waals surface area (Å²) in [6, 6.07) is 25.4. The lowest BCUT2D eigenvalue weighted by molar-refractivity contribution is -0.119. The van der Waals surface area contributed by atoms with E-state index in [4.69, 9.17) is 25.8 Å². The number of carbonyl (C=O) groups is 1. The molecule has 1 aliphatic carbocycles. The predicted molar refractivity (Wildman–Crippen MR) is 209 cm³/mol. The third kappa shape index (κ3) is 9.06. The van der Waals surface area contributed by atoms with Gasteiger partial charge in [-0.15, -0.1) is 0 Å². The highest BCUT2D eigenvalue weighted by Gasteiger charge is 2.38. The van der Waals surface area contributed by atoms with Crippen LogP contribution in [0.4, 0.5) is 4.39 Å². The number of halogens is 2. The molecule has 4 aromatic rings. The maximum absolute atomic E-state index is 13.9. The molecule has 1 amide bonds. The molecule has 0 spiro atoms. The highest BCUT2D eigenvalue weighted by atomic mass is 35.5. The number of nitriles is 2. The van der Waals surface area contributed by atoms with Crippen LogP contribution in [0.15, 0.2) is 66.7 Å². The van der Waals surface area contributed by atoms with E-state index in [0.717, 1.165) is 65.8 Å². The molecule has 0 aromatic heterocycles. The number of nitrogens with zero attached hydrogens (tertiary/aromatic N) is 3. The van der Waals surface area contributed by atoms with E-state index >= 15 is 0 Å². The van der Waals surface area contributed by atoms with Crippen molar-refractivity contribution in [1.82, 2.24) is 15.5 Å². The molecule has 0 unspecified atom stereocenters. The molecule has 2 heterocycles. The first kappa shape index (κ1) is 38.2. The first-order chi connectivity index (χ1) is 26.6. The normalized spacial score (nSPS) is 18.5. The van der Waals surface area contributed by atoms with Gasteiger partial charge in [0.1, 0.15) is 35.6 Å². The van der Waals surface area contributed by atoms with Crippen molar-refractivity contribution in [2.75, 3.05) is 32.8 Å². The lowest BCUT2D eigenvalue weighted by Gasteiger charge is -2.42. The molecule has 2 aliphatic heterocycles. The van der Waals surface area contributed by atoms with Crippen LogP contribution < -0.4 is 24.8 Å². The Balaban J connectivity index is 1.07. The van der Waals surface area contributed by atoms with Crippen LogP contribution >= 0.6 is 11.6 Å². The Morgan fingerprint density at radius 1 is 0.964 bits per heavy atom. The molecule has 7 rings (SSSR count). The Morgan fingerprint density at radius 2 is 1.73 bits per heavy atom. The highest BCUT2D eigenvalue weighted by Crippen LogP contribution is 2.44. The summed E-state index contributed by atoms with van der Waals surface area (Å²) in [6.07, 6.45) is 3.53. The minimum absolute atomic E-state index is 0.0630. The third-order valence-corrected chi connectivity index (χ3v) is 10.9. The van der Waals surface area contributed by atoms with E-state index in [1.54, 1.807) is 25.1 Å². The van der Waals surface area contributed by atoms with E-state index in [1.165, 1.54) is 5.56 Å². The molecule has 284 valence electrons. The van der Waals surface area contributed by atoms with Gasteiger partial charge in [-0.1, -0.05) is 41.9 Å². The molecule has 2 atom stereocenters. The number of hydrogen-bond acceptors (Lipinski definition) is 8. The molecule has 0 bridgehead atoms. The van der Waals surface area contributed by atoms with Gasteiger partial charge < -0.3 is 24.8 Å². The van der Waals surface area contributed by atoms with Crippen LogP contribution in [0.5, 0.6) is 17.2 Å². The number of fused-ring (bicyclic) bond motifs is 1. The predicted octanol–water partition coefficient (Wildman–Crippen LogP) is 7.88. The fourth-order valence-corrected chi connectivity index (χ4v) is 8.17. The van der Waals surface area contributed by atoms with Crippen LogP contribution in [-0.4, -0.2) is 55.3 Å². The second kappa shape index (κ2) is 16.7. The van der Waals surface area contributed by atoms with Crippen molar-refractivity contribution in [1.29, 1.82) is 10.5 Å². The molecule has 2 saturated heterocycles. The minimum Gasteiger partial charge on any atom is -0.493 e. The molecule has 4 aromatic carbocycles. The molecular formula is C44H45ClFN5O4. The van der Waals surface area contributed by atoms with Crippen molar-refractivity contribution in [3.05, 3.63) is 111 Å². The summed E-state index contributed by atoms with van der Waals surface area (Å²) < 4.78 is 33.1. The number of rotatable bonds is 15. The van der Waals surface area contributed by atoms with Crippen LogP contribution in [-0.2, 0) is 24.4 Å². The maximum Gasteiger partial charge on any atom is 0.220 e. The van der Waals surface area contributed by atoms with Crippen LogP contribution in [0, 0.1) is 29.6 Å². The molecule has 55 heavy (non-hydrogen) atoms. The molecule has 2 fully saturated rings. The summed E-state index contributed by atoms with van der Waals surface area (Å²) in [6.45, 7) is 7.29. The summed E-state index contributed by atoms with van der Waals surface area (Å²) in [5.41, 5.74) is 6.91. The Kier molecular flexibility index (Phi) is 11.6. The molecule has 0 radical (unpaired) electrons. The van der Waals surface area contributed by atoms with Gasteiger partial charge in [0.15, 0.2) is 0 Å². The second-order valence-electron chi connectivity index (χ2n) is 15.0. The second-order valence-corrected chi connectivity index (χ2v) is 15.4. The monoisotopic (exact) mass is 761 g/mol. The highest BCUT2D eigenvalue weighted by molar-refractivity contribution is 6.32. The standard InChI is InChI=1S/C44H45ClFN5O4/c1-28-34(6-4-9-39(28)53-15-5-14-51-26-44(2,46)27-51)35-7-3-8-37-36(35)11-12-40(37)55-42-20-41(54-25-31-17-29(21-47)16-30(18-31)22-48)32(19-38(42)45)23-49-24-33-10-13-43(52)50-33/h3-4,6-9,16-20,33,40,49H,5,10-15,23-27H2,1-2H3,(H,50,52)/t33-,40+/m1/s1. The molecular weight excluding hydrogens is 717 g/mol. The Labute approximate surface area is 326 Å². The largest absolute Gasteiger partial charge is 0.493 e. The molecule has 11 heteroatoms. The van der Waals surface area contributed by atoms with E-state index < -0.39 is 5.67 Å². The SMILES string of the molecule is Cc1c(OCCCN2CC(C)(F)C2)cccc1-c1cccc2c1CC[C@@H]2Oc1cc(OCc2cc(C#N)cc(C#N)c2)c(CNC[C@H]2CCC(=O)N2)cc1Cl. The molecule has 9 nitrogen and oxygen atoms in total.